The number of rotatable bonds is 12. The Morgan fingerprint density at radius 3 is 2.22 bits per heavy atom. The second-order valence-corrected chi connectivity index (χ2v) is 11.6. The van der Waals surface area contributed by atoms with Gasteiger partial charge >= 0.3 is 15.6 Å². The Labute approximate surface area is 204 Å². The molecule has 0 radical (unpaired) electrons. The van der Waals surface area contributed by atoms with Crippen LogP contribution in [0.25, 0.3) is 0 Å². The third kappa shape index (κ3) is 6.32. The van der Waals surface area contributed by atoms with Crippen LogP contribution in [-0.4, -0.2) is 59.1 Å². The zero-order chi connectivity index (χ0) is 24.1. The molecule has 1 aromatic carbocycles. The van der Waals surface area contributed by atoms with Crippen LogP contribution in [0.5, 0.6) is 0 Å². The zero-order valence-electron chi connectivity index (χ0n) is 16.9. The van der Waals surface area contributed by atoms with Crippen molar-refractivity contribution in [2.75, 3.05) is 23.0 Å². The highest BCUT2D eigenvalue weighted by Crippen LogP contribution is 2.42. The van der Waals surface area contributed by atoms with E-state index in [9.17, 15) is 31.2 Å². The second-order valence-electron chi connectivity index (χ2n) is 6.62. The average Bonchev–Trinajstić information content (AvgIpc) is 2.95. The number of carbonyl (C=O) groups is 2. The van der Waals surface area contributed by atoms with Crippen molar-refractivity contribution in [2.45, 2.75) is 35.8 Å². The van der Waals surface area contributed by atoms with Crippen LogP contribution in [0.15, 0.2) is 18.2 Å². The number of benzene rings is 1. The quantitative estimate of drug-likeness (QED) is 0.224. The van der Waals surface area contributed by atoms with Crippen LogP contribution in [0.2, 0.25) is 0 Å². The van der Waals surface area contributed by atoms with Crippen molar-refractivity contribution in [2.24, 2.45) is 0 Å². The molecule has 0 aromatic heterocycles. The minimum Gasteiger partial charge on any atom is -0.266 e. The summed E-state index contributed by atoms with van der Waals surface area (Å²) in [6.45, 7) is 2.05. The first-order chi connectivity index (χ1) is 15.0. The number of hydrogen-bond acceptors (Lipinski definition) is 9. The van der Waals surface area contributed by atoms with Gasteiger partial charge in [0.1, 0.15) is 0 Å². The number of hydrogen-bond donors (Lipinski definition) is 2. The van der Waals surface area contributed by atoms with E-state index in [1.54, 1.807) is 29.6 Å². The maximum absolute atomic E-state index is 12.6. The summed E-state index contributed by atoms with van der Waals surface area (Å²) in [6, 6.07) is 4.38. The van der Waals surface area contributed by atoms with Gasteiger partial charge in [0, 0.05) is 22.0 Å². The van der Waals surface area contributed by atoms with Gasteiger partial charge in [-0.05, 0) is 35.6 Å². The number of alkyl halides is 3. The molecule has 180 valence electrons. The van der Waals surface area contributed by atoms with Crippen LogP contribution >= 0.6 is 48.8 Å². The molecule has 0 saturated heterocycles. The SMILES string of the molecule is CCCC(SCCS)C(SCCS)c1ccc2c(c1)C(=O)N(OS(=O)(=O)C(F)(F)F)C2=O. The molecule has 0 aliphatic carbocycles. The fourth-order valence-corrected chi connectivity index (χ4v) is 6.74. The highest BCUT2D eigenvalue weighted by Gasteiger charge is 2.52. The molecule has 2 amide bonds. The number of thioether (sulfide) groups is 2. The van der Waals surface area contributed by atoms with Crippen LogP contribution in [-0.2, 0) is 14.4 Å². The van der Waals surface area contributed by atoms with Gasteiger partial charge in [0.25, 0.3) is 11.8 Å². The molecule has 6 nitrogen and oxygen atoms in total. The van der Waals surface area contributed by atoms with E-state index in [4.69, 9.17) is 0 Å². The summed E-state index contributed by atoms with van der Waals surface area (Å²) in [5, 5.41) is -0.263. The third-order valence-corrected chi connectivity index (χ3v) is 9.29. The monoisotopic (exact) mass is 549 g/mol. The molecule has 0 bridgehead atoms. The fraction of sp³-hybridized carbons (Fsp3) is 0.556. The van der Waals surface area contributed by atoms with E-state index in [-0.39, 0.29) is 26.7 Å². The summed E-state index contributed by atoms with van der Waals surface area (Å²) in [7, 11) is -6.17. The molecule has 1 aliphatic rings. The molecule has 14 heteroatoms. The van der Waals surface area contributed by atoms with Crippen molar-refractivity contribution in [3.8, 4) is 0 Å². The summed E-state index contributed by atoms with van der Waals surface area (Å²) < 4.78 is 64.3. The van der Waals surface area contributed by atoms with Gasteiger partial charge in [0.05, 0.1) is 11.1 Å². The van der Waals surface area contributed by atoms with E-state index in [2.05, 4.69) is 36.5 Å². The van der Waals surface area contributed by atoms with Gasteiger partial charge in [0.2, 0.25) is 0 Å². The highest BCUT2D eigenvalue weighted by molar-refractivity contribution is 8.04. The Bertz CT molecular complexity index is 941. The topological polar surface area (TPSA) is 80.8 Å². The molecule has 32 heavy (non-hydrogen) atoms. The number of hydroxylamine groups is 2. The number of amides is 2. The number of halogens is 3. The Morgan fingerprint density at radius 2 is 1.66 bits per heavy atom. The molecule has 1 aliphatic heterocycles. The van der Waals surface area contributed by atoms with Gasteiger partial charge < -0.3 is 0 Å². The summed E-state index contributed by atoms with van der Waals surface area (Å²) in [5.41, 5.74) is -5.48. The van der Waals surface area contributed by atoms with Crippen LogP contribution in [0.4, 0.5) is 13.2 Å². The molecule has 0 saturated carbocycles. The minimum atomic E-state index is -6.17. The first kappa shape index (κ1) is 27.7. The standard InChI is InChI=1S/C18H22F3NO5S5/c1-2-3-14(30-8-6-28)15(31-9-7-29)11-4-5-12-13(10-11)17(24)22(16(12)23)27-32(25,26)18(19,20)21/h4-5,10,14-15,28-29H,2-3,6-9H2,1H3. The molecule has 0 N–H and O–H groups in total. The van der Waals surface area contributed by atoms with Crippen LogP contribution in [0.1, 0.15) is 51.3 Å². The van der Waals surface area contributed by atoms with Crippen molar-refractivity contribution in [3.05, 3.63) is 34.9 Å². The van der Waals surface area contributed by atoms with Gasteiger partial charge in [-0.15, -0.1) is 9.35 Å². The summed E-state index contributed by atoms with van der Waals surface area (Å²) in [6.07, 6.45) is 1.80. The van der Waals surface area contributed by atoms with Crippen molar-refractivity contribution in [1.82, 2.24) is 5.06 Å². The molecule has 1 heterocycles. The lowest BCUT2D eigenvalue weighted by Crippen LogP contribution is -2.37. The lowest BCUT2D eigenvalue weighted by atomic mass is 10.0. The van der Waals surface area contributed by atoms with Crippen LogP contribution in [0.3, 0.4) is 0 Å². The van der Waals surface area contributed by atoms with E-state index < -0.39 is 27.4 Å². The van der Waals surface area contributed by atoms with Crippen LogP contribution < -0.4 is 0 Å². The van der Waals surface area contributed by atoms with E-state index in [0.717, 1.165) is 24.3 Å². The van der Waals surface area contributed by atoms with E-state index in [1.807, 2.05) is 0 Å². The zero-order valence-corrected chi connectivity index (χ0v) is 21.1. The second kappa shape index (κ2) is 11.7. The smallest absolute Gasteiger partial charge is 0.266 e. The predicted octanol–water partition coefficient (Wildman–Crippen LogP) is 4.60. The first-order valence-corrected chi connectivity index (χ1v) is 14.2. The lowest BCUT2D eigenvalue weighted by Gasteiger charge is -2.27. The average molecular weight is 550 g/mol. The molecular formula is C18H22F3NO5S5. The first-order valence-electron chi connectivity index (χ1n) is 9.47. The van der Waals surface area contributed by atoms with Gasteiger partial charge in [0.15, 0.2) is 0 Å². The largest absolute Gasteiger partial charge is 0.525 e. The number of thiol groups is 2. The summed E-state index contributed by atoms with van der Waals surface area (Å²) in [5.74, 6) is 0.317. The molecule has 2 rings (SSSR count). The number of fused-ring (bicyclic) bond motifs is 1. The van der Waals surface area contributed by atoms with Gasteiger partial charge in [-0.25, -0.2) is 0 Å². The summed E-state index contributed by atoms with van der Waals surface area (Å²) in [4.78, 5) is 24.9. The molecule has 0 fully saturated rings. The van der Waals surface area contributed by atoms with E-state index >= 15 is 0 Å². The highest BCUT2D eigenvalue weighted by atomic mass is 32.2. The maximum atomic E-state index is 12.6. The predicted molar refractivity (Wildman–Crippen MR) is 127 cm³/mol. The van der Waals surface area contributed by atoms with E-state index in [0.29, 0.717) is 17.1 Å². The number of carbonyl (C=O) groups excluding carboxylic acids is 2. The Hall–Kier alpha value is -0.540. The Balaban J connectivity index is 2.39. The van der Waals surface area contributed by atoms with Crippen molar-refractivity contribution in [1.29, 1.82) is 0 Å². The Morgan fingerprint density at radius 1 is 1.06 bits per heavy atom. The minimum absolute atomic E-state index is 0.0749. The van der Waals surface area contributed by atoms with Gasteiger partial charge in [-0.3, -0.25) is 9.59 Å². The summed E-state index contributed by atoms with van der Waals surface area (Å²) >= 11 is 11.9. The van der Waals surface area contributed by atoms with Crippen molar-refractivity contribution in [3.63, 3.8) is 0 Å². The number of imide groups is 1. The molecule has 1 aromatic rings. The van der Waals surface area contributed by atoms with Gasteiger partial charge in [-0.1, -0.05) is 19.4 Å². The third-order valence-electron chi connectivity index (χ3n) is 4.38. The lowest BCUT2D eigenvalue weighted by molar-refractivity contribution is -0.0748. The molecule has 2 atom stereocenters. The van der Waals surface area contributed by atoms with Gasteiger partial charge in [-0.2, -0.15) is 70.4 Å². The maximum Gasteiger partial charge on any atom is 0.525 e. The van der Waals surface area contributed by atoms with Crippen molar-refractivity contribution >= 4 is 70.7 Å². The molecule has 2 unspecified atom stereocenters. The Kier molecular flexibility index (Phi) is 10.2. The van der Waals surface area contributed by atoms with E-state index in [1.165, 1.54) is 12.1 Å². The van der Waals surface area contributed by atoms with Crippen molar-refractivity contribution < 1.29 is 35.5 Å². The number of nitrogens with zero attached hydrogens (tertiary/aromatic N) is 1. The fourth-order valence-electron chi connectivity index (χ4n) is 3.03. The van der Waals surface area contributed by atoms with Crippen LogP contribution in [0, 0.1) is 0 Å². The molecule has 0 spiro atoms. The normalized spacial score (nSPS) is 16.4. The molecular weight excluding hydrogens is 528 g/mol.